The molecular formula is C21H27F3N4O. The number of amides is 1. The lowest BCUT2D eigenvalue weighted by Crippen LogP contribution is -2.38. The molecule has 1 saturated carbocycles. The van der Waals surface area contributed by atoms with E-state index in [1.807, 2.05) is 13.8 Å². The highest BCUT2D eigenvalue weighted by Crippen LogP contribution is 2.41. The number of carbonyl (C=O) groups excluding carboxylic acids is 1. The summed E-state index contributed by atoms with van der Waals surface area (Å²) in [5, 5.41) is 10.7. The van der Waals surface area contributed by atoms with Crippen LogP contribution in [0.5, 0.6) is 0 Å². The summed E-state index contributed by atoms with van der Waals surface area (Å²) in [7, 11) is 1.59. The number of hydrogen-bond donors (Lipinski definition) is 1. The highest BCUT2D eigenvalue weighted by atomic mass is 19.4. The number of nitrogens with one attached hydrogen (secondary N) is 1. The average molecular weight is 408 g/mol. The molecule has 2 aliphatic carbocycles. The second kappa shape index (κ2) is 8.88. The van der Waals surface area contributed by atoms with Crippen molar-refractivity contribution in [3.05, 3.63) is 35.5 Å². The molecule has 0 aromatic rings. The molecule has 1 aliphatic heterocycles. The van der Waals surface area contributed by atoms with Gasteiger partial charge >= 0.3 is 6.18 Å². The van der Waals surface area contributed by atoms with E-state index >= 15 is 0 Å². The van der Waals surface area contributed by atoms with Crippen molar-refractivity contribution < 1.29 is 18.0 Å². The van der Waals surface area contributed by atoms with Crippen molar-refractivity contribution in [2.75, 3.05) is 7.05 Å². The summed E-state index contributed by atoms with van der Waals surface area (Å²) < 4.78 is 40.5. The number of carbonyl (C=O) groups is 1. The van der Waals surface area contributed by atoms with Gasteiger partial charge in [-0.1, -0.05) is 46.4 Å². The zero-order valence-corrected chi connectivity index (χ0v) is 17.4. The van der Waals surface area contributed by atoms with Crippen molar-refractivity contribution in [2.24, 2.45) is 32.9 Å². The molecule has 1 heterocycles. The molecule has 3 rings (SSSR count). The summed E-state index contributed by atoms with van der Waals surface area (Å²) in [5.74, 6) is -0.990. The van der Waals surface area contributed by atoms with Gasteiger partial charge in [-0.05, 0) is 18.8 Å². The van der Waals surface area contributed by atoms with Crippen molar-refractivity contribution in [3.8, 4) is 0 Å². The smallest absolute Gasteiger partial charge is 0.310 e. The van der Waals surface area contributed by atoms with E-state index in [-0.39, 0.29) is 28.7 Å². The number of aliphatic imine (C=N–C) groups is 1. The number of allylic oxidation sites excluding steroid dienone is 3. The van der Waals surface area contributed by atoms with Gasteiger partial charge in [-0.3, -0.25) is 9.79 Å². The monoisotopic (exact) mass is 408 g/mol. The van der Waals surface area contributed by atoms with Crippen molar-refractivity contribution in [2.45, 2.75) is 46.7 Å². The van der Waals surface area contributed by atoms with E-state index < -0.39 is 23.6 Å². The van der Waals surface area contributed by atoms with Crippen LogP contribution in [0.25, 0.3) is 0 Å². The molecule has 1 amide bonds. The largest absolute Gasteiger partial charge is 0.413 e. The van der Waals surface area contributed by atoms with Crippen LogP contribution in [0, 0.1) is 17.8 Å². The molecule has 0 aromatic carbocycles. The zero-order chi connectivity index (χ0) is 21.9. The minimum atomic E-state index is -4.51. The van der Waals surface area contributed by atoms with Crippen molar-refractivity contribution in [1.29, 1.82) is 0 Å². The zero-order valence-electron chi connectivity index (χ0n) is 17.4. The van der Waals surface area contributed by atoms with Gasteiger partial charge in [-0.2, -0.15) is 23.4 Å². The lowest BCUT2D eigenvalue weighted by Gasteiger charge is -2.27. The van der Waals surface area contributed by atoms with E-state index in [1.54, 1.807) is 20.9 Å². The summed E-state index contributed by atoms with van der Waals surface area (Å²) in [6, 6.07) is 0. The van der Waals surface area contributed by atoms with Crippen molar-refractivity contribution >= 4 is 23.2 Å². The number of rotatable bonds is 4. The van der Waals surface area contributed by atoms with Gasteiger partial charge in [0.1, 0.15) is 5.84 Å². The molecule has 0 bridgehead atoms. The van der Waals surface area contributed by atoms with Crippen LogP contribution in [-0.2, 0) is 4.79 Å². The second-order valence-corrected chi connectivity index (χ2v) is 7.11. The Morgan fingerprint density at radius 1 is 1.24 bits per heavy atom. The molecule has 1 atom stereocenters. The molecule has 0 saturated heterocycles. The molecule has 8 heteroatoms. The third kappa shape index (κ3) is 4.74. The number of halogens is 3. The number of alkyl halides is 3. The number of hydrogen-bond acceptors (Lipinski definition) is 4. The third-order valence-corrected chi connectivity index (χ3v) is 4.82. The van der Waals surface area contributed by atoms with E-state index in [0.29, 0.717) is 11.5 Å². The van der Waals surface area contributed by atoms with Gasteiger partial charge in [0.25, 0.3) is 5.91 Å². The maximum Gasteiger partial charge on any atom is 0.413 e. The molecule has 0 spiro atoms. The van der Waals surface area contributed by atoms with Crippen molar-refractivity contribution in [1.82, 2.24) is 5.32 Å². The molecule has 29 heavy (non-hydrogen) atoms. The fraction of sp³-hybridized carbons (Fsp3) is 0.524. The van der Waals surface area contributed by atoms with E-state index in [9.17, 15) is 18.0 Å². The van der Waals surface area contributed by atoms with E-state index in [2.05, 4.69) is 27.1 Å². The third-order valence-electron chi connectivity index (χ3n) is 4.82. The van der Waals surface area contributed by atoms with Crippen LogP contribution in [0.2, 0.25) is 0 Å². The summed E-state index contributed by atoms with van der Waals surface area (Å²) >= 11 is 0. The Balaban J connectivity index is 0.00000145. The topological polar surface area (TPSA) is 66.2 Å². The first kappa shape index (κ1) is 22.8. The van der Waals surface area contributed by atoms with Gasteiger partial charge in [0.15, 0.2) is 0 Å². The van der Waals surface area contributed by atoms with E-state index in [4.69, 9.17) is 0 Å². The molecule has 0 aromatic heterocycles. The molecule has 5 nitrogen and oxygen atoms in total. The highest BCUT2D eigenvalue weighted by molar-refractivity contribution is 6.26. The number of amidine groups is 1. The molecule has 3 aliphatic rings. The van der Waals surface area contributed by atoms with Crippen molar-refractivity contribution in [3.63, 3.8) is 0 Å². The summed E-state index contributed by atoms with van der Waals surface area (Å²) in [5.41, 5.74) is 0.0580. The Hall–Kier alpha value is -2.51. The molecule has 1 N–H and O–H groups in total. The Bertz CT molecular complexity index is 840. The van der Waals surface area contributed by atoms with Gasteiger partial charge in [0, 0.05) is 29.7 Å². The van der Waals surface area contributed by atoms with Gasteiger partial charge in [0.05, 0.1) is 17.3 Å². The number of nitrogens with zero attached hydrogens (tertiary/aromatic N) is 3. The van der Waals surface area contributed by atoms with Crippen LogP contribution in [0.1, 0.15) is 40.5 Å². The average Bonchev–Trinajstić information content (AvgIpc) is 3.42. The molecule has 0 radical (unpaired) electrons. The Morgan fingerprint density at radius 3 is 2.34 bits per heavy atom. The number of fused-ring (bicyclic) bond motifs is 1. The first-order valence-corrected chi connectivity index (χ1v) is 9.77. The fourth-order valence-corrected chi connectivity index (χ4v) is 3.21. The van der Waals surface area contributed by atoms with Gasteiger partial charge in [-0.15, -0.1) is 0 Å². The van der Waals surface area contributed by atoms with Crippen LogP contribution in [0.4, 0.5) is 13.2 Å². The minimum Gasteiger partial charge on any atom is -0.310 e. The summed E-state index contributed by atoms with van der Waals surface area (Å²) in [4.78, 5) is 16.6. The maximum absolute atomic E-state index is 13.5. The molecular weight excluding hydrogens is 381 g/mol. The quantitative estimate of drug-likeness (QED) is 0.411. The maximum atomic E-state index is 13.5. The predicted molar refractivity (Wildman–Crippen MR) is 110 cm³/mol. The van der Waals surface area contributed by atoms with E-state index in [0.717, 1.165) is 18.9 Å². The lowest BCUT2D eigenvalue weighted by molar-refractivity contribution is -0.115. The standard InChI is InChI=1S/C19H21F3N4O.C2H6/c1-9(2)15-14-13(19(20,21)22)8-7-12(16(14)26-25-15)10(3)18(27)24-17(23-4)11-5-6-11;1-2/h7-9,11,14H,3,5-6H2,1-2,4H3,(H,23,24,27);1-2H3. The first-order chi connectivity index (χ1) is 13.6. The minimum absolute atomic E-state index is 0.0539. The van der Waals surface area contributed by atoms with Gasteiger partial charge < -0.3 is 5.32 Å². The SMILES string of the molecule is C=C(C(=O)NC(=NC)C1CC1)C1=CC=C(C(F)(F)F)C2C1=NN=C2C(C)C.CC. The molecule has 1 fully saturated rings. The molecule has 158 valence electrons. The fourth-order valence-electron chi connectivity index (χ4n) is 3.21. The van der Waals surface area contributed by atoms with Crippen LogP contribution in [0.15, 0.2) is 50.6 Å². The van der Waals surface area contributed by atoms with Crippen LogP contribution in [0.3, 0.4) is 0 Å². The Morgan fingerprint density at radius 2 is 1.86 bits per heavy atom. The highest BCUT2D eigenvalue weighted by Gasteiger charge is 2.47. The molecule has 1 unspecified atom stereocenters. The summed E-state index contributed by atoms with van der Waals surface area (Å²) in [6.07, 6.45) is -0.347. The van der Waals surface area contributed by atoms with Crippen LogP contribution < -0.4 is 5.32 Å². The van der Waals surface area contributed by atoms with Gasteiger partial charge in [0.2, 0.25) is 0 Å². The van der Waals surface area contributed by atoms with E-state index in [1.165, 1.54) is 6.08 Å². The Labute approximate surface area is 169 Å². The lowest BCUT2D eigenvalue weighted by atomic mass is 9.77. The Kier molecular flexibility index (Phi) is 6.97. The van der Waals surface area contributed by atoms with Crippen LogP contribution >= 0.6 is 0 Å². The first-order valence-electron chi connectivity index (χ1n) is 9.77. The normalized spacial score (nSPS) is 21.3. The summed E-state index contributed by atoms with van der Waals surface area (Å²) in [6.45, 7) is 11.3. The van der Waals surface area contributed by atoms with Crippen LogP contribution in [-0.4, -0.2) is 36.4 Å². The van der Waals surface area contributed by atoms with Gasteiger partial charge in [-0.25, -0.2) is 0 Å². The second-order valence-electron chi connectivity index (χ2n) is 7.11. The predicted octanol–water partition coefficient (Wildman–Crippen LogP) is 4.63.